The molecule has 1 heterocycles. The van der Waals surface area contributed by atoms with Crippen LogP contribution < -0.4 is 4.74 Å². The molecule has 106 valence electrons. The highest BCUT2D eigenvalue weighted by Gasteiger charge is 2.23. The normalized spacial score (nSPS) is 13.8. The Morgan fingerprint density at radius 1 is 1.05 bits per heavy atom. The molecular formula is C18H17NO2. The summed E-state index contributed by atoms with van der Waals surface area (Å²) in [6.45, 7) is 1.92. The lowest BCUT2D eigenvalue weighted by atomic mass is 9.97. The molecule has 1 aromatic heterocycles. The summed E-state index contributed by atoms with van der Waals surface area (Å²) < 4.78 is 5.72. The van der Waals surface area contributed by atoms with Gasteiger partial charge in [0.25, 0.3) is 0 Å². The maximum atomic E-state index is 10.5. The van der Waals surface area contributed by atoms with Crippen LogP contribution in [0.2, 0.25) is 0 Å². The van der Waals surface area contributed by atoms with E-state index in [9.17, 15) is 5.11 Å². The molecule has 0 spiro atoms. The molecule has 0 radical (unpaired) electrons. The van der Waals surface area contributed by atoms with Crippen LogP contribution in [0.3, 0.4) is 0 Å². The number of hydrogen-bond acceptors (Lipinski definition) is 3. The Labute approximate surface area is 123 Å². The Bertz CT molecular complexity index is 738. The van der Waals surface area contributed by atoms with Crippen molar-refractivity contribution >= 4 is 10.9 Å². The van der Waals surface area contributed by atoms with Crippen molar-refractivity contribution in [3.8, 4) is 5.75 Å². The fourth-order valence-corrected chi connectivity index (χ4v) is 2.23. The van der Waals surface area contributed by atoms with E-state index >= 15 is 0 Å². The van der Waals surface area contributed by atoms with E-state index in [4.69, 9.17) is 4.74 Å². The monoisotopic (exact) mass is 279 g/mol. The van der Waals surface area contributed by atoms with Crippen LogP contribution in [0.4, 0.5) is 0 Å². The second-order valence-electron chi connectivity index (χ2n) is 5.29. The van der Waals surface area contributed by atoms with Crippen molar-refractivity contribution in [2.45, 2.75) is 12.5 Å². The molecule has 1 N–H and O–H groups in total. The first-order valence-corrected chi connectivity index (χ1v) is 6.91. The van der Waals surface area contributed by atoms with Gasteiger partial charge in [0.1, 0.15) is 18.0 Å². The molecular weight excluding hydrogens is 262 g/mol. The molecule has 3 aromatic rings. The smallest absolute Gasteiger partial charge is 0.138 e. The molecule has 0 saturated heterocycles. The molecule has 0 amide bonds. The van der Waals surface area contributed by atoms with E-state index in [2.05, 4.69) is 4.98 Å². The fraction of sp³-hybridized carbons (Fsp3) is 0.167. The third kappa shape index (κ3) is 3.03. The Morgan fingerprint density at radius 2 is 1.76 bits per heavy atom. The van der Waals surface area contributed by atoms with Gasteiger partial charge in [-0.25, -0.2) is 0 Å². The third-order valence-corrected chi connectivity index (χ3v) is 3.48. The van der Waals surface area contributed by atoms with E-state index in [0.717, 1.165) is 16.5 Å². The number of hydrogen-bond donors (Lipinski definition) is 1. The van der Waals surface area contributed by atoms with Gasteiger partial charge in [-0.2, -0.15) is 0 Å². The Kier molecular flexibility index (Phi) is 3.59. The lowest BCUT2D eigenvalue weighted by molar-refractivity contribution is 0.00754. The lowest BCUT2D eigenvalue weighted by Gasteiger charge is -2.24. The maximum Gasteiger partial charge on any atom is 0.138 e. The topological polar surface area (TPSA) is 42.4 Å². The van der Waals surface area contributed by atoms with Crippen molar-refractivity contribution < 1.29 is 9.84 Å². The Balaban J connectivity index is 1.77. The van der Waals surface area contributed by atoms with Gasteiger partial charge in [-0.1, -0.05) is 48.5 Å². The molecule has 2 aromatic carbocycles. The van der Waals surface area contributed by atoms with Crippen molar-refractivity contribution in [1.82, 2.24) is 4.98 Å². The molecule has 0 saturated carbocycles. The van der Waals surface area contributed by atoms with Gasteiger partial charge < -0.3 is 9.84 Å². The summed E-state index contributed by atoms with van der Waals surface area (Å²) in [5.41, 5.74) is 0.728. The summed E-state index contributed by atoms with van der Waals surface area (Å²) in [5, 5.41) is 11.5. The van der Waals surface area contributed by atoms with Crippen LogP contribution in [0, 0.1) is 0 Å². The minimum Gasteiger partial charge on any atom is -0.489 e. The lowest BCUT2D eigenvalue weighted by Crippen LogP contribution is -2.29. The van der Waals surface area contributed by atoms with E-state index < -0.39 is 5.60 Å². The first-order valence-electron chi connectivity index (χ1n) is 6.91. The summed E-state index contributed by atoms with van der Waals surface area (Å²) in [5.74, 6) is 0.657. The molecule has 21 heavy (non-hydrogen) atoms. The quantitative estimate of drug-likeness (QED) is 0.794. The Morgan fingerprint density at radius 3 is 2.57 bits per heavy atom. The number of ether oxygens (including phenoxy) is 1. The molecule has 0 bridgehead atoms. The van der Waals surface area contributed by atoms with Crippen LogP contribution in [0.15, 0.2) is 66.9 Å². The number of rotatable bonds is 4. The van der Waals surface area contributed by atoms with Gasteiger partial charge in [0.05, 0.1) is 11.7 Å². The van der Waals surface area contributed by atoms with Crippen molar-refractivity contribution in [3.63, 3.8) is 0 Å². The highest BCUT2D eigenvalue weighted by Crippen LogP contribution is 2.23. The van der Waals surface area contributed by atoms with E-state index in [1.54, 1.807) is 13.1 Å². The summed E-state index contributed by atoms with van der Waals surface area (Å²) in [4.78, 5) is 4.35. The minimum atomic E-state index is -1.03. The summed E-state index contributed by atoms with van der Waals surface area (Å²) in [7, 11) is 0. The number of aliphatic hydroxyl groups is 1. The number of pyridine rings is 1. The van der Waals surface area contributed by atoms with Crippen molar-refractivity contribution in [1.29, 1.82) is 0 Å². The van der Waals surface area contributed by atoms with Gasteiger partial charge in [-0.15, -0.1) is 0 Å². The zero-order valence-electron chi connectivity index (χ0n) is 11.9. The molecule has 3 nitrogen and oxygen atoms in total. The van der Waals surface area contributed by atoms with E-state index in [-0.39, 0.29) is 6.61 Å². The van der Waals surface area contributed by atoms with Gasteiger partial charge in [0, 0.05) is 5.39 Å². The van der Waals surface area contributed by atoms with Gasteiger partial charge in [0.15, 0.2) is 0 Å². The Hall–Kier alpha value is -2.39. The summed E-state index contributed by atoms with van der Waals surface area (Å²) in [6, 6.07) is 19.3. The predicted octanol–water partition coefficient (Wildman–Crippen LogP) is 3.52. The van der Waals surface area contributed by atoms with Crippen LogP contribution in [-0.4, -0.2) is 16.7 Å². The zero-order chi connectivity index (χ0) is 14.7. The van der Waals surface area contributed by atoms with Crippen molar-refractivity contribution in [2.24, 2.45) is 0 Å². The van der Waals surface area contributed by atoms with Crippen LogP contribution in [0.5, 0.6) is 5.75 Å². The van der Waals surface area contributed by atoms with E-state index in [1.807, 2.05) is 60.7 Å². The largest absolute Gasteiger partial charge is 0.489 e. The van der Waals surface area contributed by atoms with Gasteiger partial charge in [0.2, 0.25) is 0 Å². The van der Waals surface area contributed by atoms with E-state index in [1.165, 1.54) is 0 Å². The summed E-state index contributed by atoms with van der Waals surface area (Å²) >= 11 is 0. The standard InChI is InChI=1S/C18H17NO2/c1-18(20,15-8-3-2-4-9-15)13-21-16-11-14-7-5-6-10-17(14)19-12-16/h2-12,20H,13H2,1H3. The van der Waals surface area contributed by atoms with Gasteiger partial charge in [-0.05, 0) is 24.6 Å². The van der Waals surface area contributed by atoms with Crippen LogP contribution in [0.1, 0.15) is 12.5 Å². The predicted molar refractivity (Wildman–Crippen MR) is 83.3 cm³/mol. The average molecular weight is 279 g/mol. The van der Waals surface area contributed by atoms with Crippen molar-refractivity contribution in [3.05, 3.63) is 72.4 Å². The average Bonchev–Trinajstić information content (AvgIpc) is 2.54. The second kappa shape index (κ2) is 5.54. The number of fused-ring (bicyclic) bond motifs is 1. The molecule has 0 fully saturated rings. The maximum absolute atomic E-state index is 10.5. The molecule has 0 aliphatic carbocycles. The molecule has 1 unspecified atom stereocenters. The fourth-order valence-electron chi connectivity index (χ4n) is 2.23. The molecule has 3 rings (SSSR count). The van der Waals surface area contributed by atoms with Gasteiger partial charge in [-0.3, -0.25) is 4.98 Å². The van der Waals surface area contributed by atoms with Crippen LogP contribution >= 0.6 is 0 Å². The number of benzene rings is 2. The highest BCUT2D eigenvalue weighted by atomic mass is 16.5. The molecule has 0 aliphatic rings. The molecule has 3 heteroatoms. The highest BCUT2D eigenvalue weighted by molar-refractivity contribution is 5.79. The number of para-hydroxylation sites is 1. The van der Waals surface area contributed by atoms with Gasteiger partial charge >= 0.3 is 0 Å². The molecule has 0 aliphatic heterocycles. The second-order valence-corrected chi connectivity index (χ2v) is 5.29. The van der Waals surface area contributed by atoms with Crippen molar-refractivity contribution in [2.75, 3.05) is 6.61 Å². The van der Waals surface area contributed by atoms with Crippen LogP contribution in [0.25, 0.3) is 10.9 Å². The SMILES string of the molecule is CC(O)(COc1cnc2ccccc2c1)c1ccccc1. The number of aromatic nitrogens is 1. The van der Waals surface area contributed by atoms with E-state index in [0.29, 0.717) is 5.75 Å². The third-order valence-electron chi connectivity index (χ3n) is 3.48. The zero-order valence-corrected chi connectivity index (χ0v) is 11.9. The number of nitrogens with zero attached hydrogens (tertiary/aromatic N) is 1. The first-order chi connectivity index (χ1) is 10.1. The summed E-state index contributed by atoms with van der Waals surface area (Å²) in [6.07, 6.45) is 1.68. The van der Waals surface area contributed by atoms with Crippen LogP contribution in [-0.2, 0) is 5.60 Å². The molecule has 1 atom stereocenters. The first kappa shape index (κ1) is 13.6. The minimum absolute atomic E-state index is 0.178.